The van der Waals surface area contributed by atoms with Crippen molar-refractivity contribution in [2.75, 3.05) is 13.7 Å². The maximum absolute atomic E-state index is 12.3. The molecule has 0 aromatic heterocycles. The van der Waals surface area contributed by atoms with Gasteiger partial charge in [-0.05, 0) is 36.6 Å². The topological polar surface area (TPSA) is 35.5 Å². The van der Waals surface area contributed by atoms with Crippen LogP contribution in [-0.4, -0.2) is 19.7 Å². The van der Waals surface area contributed by atoms with E-state index in [9.17, 15) is 4.79 Å². The van der Waals surface area contributed by atoms with Crippen LogP contribution in [0, 0.1) is 0 Å². The second-order valence-corrected chi connectivity index (χ2v) is 6.10. The fourth-order valence-corrected chi connectivity index (χ4v) is 2.54. The van der Waals surface area contributed by atoms with Crippen molar-refractivity contribution in [2.24, 2.45) is 0 Å². The first-order valence-electron chi connectivity index (χ1n) is 9.23. The summed E-state index contributed by atoms with van der Waals surface area (Å²) in [5.74, 6) is 0.635. The molecule has 1 aromatic rings. The second-order valence-electron chi connectivity index (χ2n) is 6.10. The van der Waals surface area contributed by atoms with Crippen LogP contribution in [-0.2, 0) is 9.53 Å². The van der Waals surface area contributed by atoms with Crippen LogP contribution in [0.5, 0.6) is 5.75 Å². The van der Waals surface area contributed by atoms with Crippen LogP contribution >= 0.6 is 0 Å². The average molecular weight is 332 g/mol. The molecule has 0 N–H and O–H groups in total. The van der Waals surface area contributed by atoms with Crippen LogP contribution in [0.4, 0.5) is 0 Å². The number of hydrogen-bond donors (Lipinski definition) is 0. The molecule has 0 spiro atoms. The van der Waals surface area contributed by atoms with E-state index in [1.54, 1.807) is 7.11 Å². The second kappa shape index (κ2) is 12.6. The van der Waals surface area contributed by atoms with Gasteiger partial charge in [-0.3, -0.25) is 0 Å². The Morgan fingerprint density at radius 1 is 0.958 bits per heavy atom. The molecule has 134 valence electrons. The Hall–Kier alpha value is -1.77. The van der Waals surface area contributed by atoms with Gasteiger partial charge in [-0.25, -0.2) is 4.79 Å². The molecule has 0 atom stereocenters. The van der Waals surface area contributed by atoms with E-state index >= 15 is 0 Å². The fraction of sp³-hybridized carbons (Fsp3) is 0.571. The Morgan fingerprint density at radius 2 is 1.62 bits per heavy atom. The van der Waals surface area contributed by atoms with Crippen molar-refractivity contribution in [3.05, 3.63) is 35.4 Å². The van der Waals surface area contributed by atoms with Gasteiger partial charge < -0.3 is 9.47 Å². The number of methoxy groups -OCH3 is 1. The van der Waals surface area contributed by atoms with E-state index in [0.29, 0.717) is 6.61 Å². The zero-order chi connectivity index (χ0) is 17.6. The van der Waals surface area contributed by atoms with Crippen LogP contribution < -0.4 is 4.74 Å². The van der Waals surface area contributed by atoms with Crippen molar-refractivity contribution in [3.8, 4) is 5.75 Å². The first-order valence-corrected chi connectivity index (χ1v) is 9.23. The van der Waals surface area contributed by atoms with Gasteiger partial charge in [0.05, 0.1) is 13.7 Å². The van der Waals surface area contributed by atoms with Gasteiger partial charge in [0.2, 0.25) is 0 Å². The molecular formula is C21H32O3. The van der Waals surface area contributed by atoms with Crippen molar-refractivity contribution in [1.29, 1.82) is 0 Å². The zero-order valence-electron chi connectivity index (χ0n) is 15.5. The number of carbonyl (C=O) groups is 1. The summed E-state index contributed by atoms with van der Waals surface area (Å²) in [6, 6.07) is 7.71. The highest BCUT2D eigenvalue weighted by Crippen LogP contribution is 2.17. The molecule has 0 radical (unpaired) electrons. The summed E-state index contributed by atoms with van der Waals surface area (Å²) in [6.45, 7) is 4.81. The summed E-state index contributed by atoms with van der Waals surface area (Å²) < 4.78 is 10.6. The molecule has 3 nitrogen and oxygen atoms in total. The van der Waals surface area contributed by atoms with Crippen molar-refractivity contribution < 1.29 is 14.3 Å². The zero-order valence-corrected chi connectivity index (χ0v) is 15.5. The monoisotopic (exact) mass is 332 g/mol. The molecule has 0 aliphatic rings. The van der Waals surface area contributed by atoms with E-state index in [2.05, 4.69) is 13.8 Å². The quantitative estimate of drug-likeness (QED) is 0.276. The van der Waals surface area contributed by atoms with Crippen LogP contribution in [0.3, 0.4) is 0 Å². The van der Waals surface area contributed by atoms with Gasteiger partial charge in [0, 0.05) is 5.57 Å². The van der Waals surface area contributed by atoms with E-state index < -0.39 is 0 Å². The Balaban J connectivity index is 2.47. The predicted molar refractivity (Wildman–Crippen MR) is 100 cm³/mol. The minimum Gasteiger partial charge on any atom is -0.497 e. The standard InChI is InChI=1S/C21H32O3/c1-4-6-7-8-9-10-16-24-21(22)19(11-5-2)17-18-12-14-20(23-3)15-13-18/h12-15,17H,4-11,16H2,1-3H3. The minimum atomic E-state index is -0.179. The molecule has 0 saturated heterocycles. The SMILES string of the molecule is CCCCCCCCOC(=O)C(=Cc1ccc(OC)cc1)CCC. The van der Waals surface area contributed by atoms with Crippen LogP contribution in [0.25, 0.3) is 6.08 Å². The minimum absolute atomic E-state index is 0.179. The number of ether oxygens (including phenoxy) is 2. The average Bonchev–Trinajstić information content (AvgIpc) is 2.61. The maximum atomic E-state index is 12.3. The van der Waals surface area contributed by atoms with Gasteiger partial charge in [-0.1, -0.05) is 64.5 Å². The molecule has 0 heterocycles. The van der Waals surface area contributed by atoms with Gasteiger partial charge in [0.1, 0.15) is 5.75 Å². The summed E-state index contributed by atoms with van der Waals surface area (Å²) in [7, 11) is 1.65. The van der Waals surface area contributed by atoms with Crippen LogP contribution in [0.1, 0.15) is 70.8 Å². The number of benzene rings is 1. The Kier molecular flexibility index (Phi) is 10.7. The Bertz CT molecular complexity index is 488. The molecule has 0 bridgehead atoms. The smallest absolute Gasteiger partial charge is 0.334 e. The summed E-state index contributed by atoms with van der Waals surface area (Å²) in [5.41, 5.74) is 1.74. The number of hydrogen-bond acceptors (Lipinski definition) is 3. The molecular weight excluding hydrogens is 300 g/mol. The Labute approximate surface area is 147 Å². The first-order chi connectivity index (χ1) is 11.7. The molecule has 0 fully saturated rings. The number of carbonyl (C=O) groups excluding carboxylic acids is 1. The fourth-order valence-electron chi connectivity index (χ4n) is 2.54. The van der Waals surface area contributed by atoms with Gasteiger partial charge >= 0.3 is 5.97 Å². The largest absolute Gasteiger partial charge is 0.497 e. The van der Waals surface area contributed by atoms with Crippen LogP contribution in [0.15, 0.2) is 29.8 Å². The molecule has 0 aliphatic carbocycles. The summed E-state index contributed by atoms with van der Waals surface area (Å²) in [6.07, 6.45) is 10.7. The highest BCUT2D eigenvalue weighted by Gasteiger charge is 2.10. The number of esters is 1. The van der Waals surface area contributed by atoms with Crippen LogP contribution in [0.2, 0.25) is 0 Å². The van der Waals surface area contributed by atoms with Crippen molar-refractivity contribution in [3.63, 3.8) is 0 Å². The molecule has 24 heavy (non-hydrogen) atoms. The van der Waals surface area contributed by atoms with Crippen molar-refractivity contribution in [1.82, 2.24) is 0 Å². The summed E-state index contributed by atoms with van der Waals surface area (Å²) in [5, 5.41) is 0. The van der Waals surface area contributed by atoms with E-state index in [1.807, 2.05) is 30.3 Å². The molecule has 0 unspecified atom stereocenters. The number of rotatable bonds is 12. The molecule has 0 saturated carbocycles. The number of unbranched alkanes of at least 4 members (excludes halogenated alkanes) is 5. The lowest BCUT2D eigenvalue weighted by atomic mass is 10.1. The highest BCUT2D eigenvalue weighted by molar-refractivity contribution is 5.93. The lowest BCUT2D eigenvalue weighted by Gasteiger charge is -2.08. The molecule has 3 heteroatoms. The van der Waals surface area contributed by atoms with Gasteiger partial charge in [0.15, 0.2) is 0 Å². The molecule has 1 aromatic carbocycles. The van der Waals surface area contributed by atoms with Crippen molar-refractivity contribution >= 4 is 12.0 Å². The van der Waals surface area contributed by atoms with Gasteiger partial charge in [0.25, 0.3) is 0 Å². The first kappa shape index (κ1) is 20.3. The van der Waals surface area contributed by atoms with E-state index in [1.165, 1.54) is 25.7 Å². The van der Waals surface area contributed by atoms with Crippen molar-refractivity contribution in [2.45, 2.75) is 65.2 Å². The van der Waals surface area contributed by atoms with E-state index in [-0.39, 0.29) is 5.97 Å². The lowest BCUT2D eigenvalue weighted by molar-refractivity contribution is -0.139. The molecule has 0 aliphatic heterocycles. The highest BCUT2D eigenvalue weighted by atomic mass is 16.5. The van der Waals surface area contributed by atoms with Gasteiger partial charge in [-0.15, -0.1) is 0 Å². The van der Waals surface area contributed by atoms with E-state index in [0.717, 1.165) is 42.6 Å². The summed E-state index contributed by atoms with van der Waals surface area (Å²) >= 11 is 0. The predicted octanol–water partition coefficient (Wildman–Crippen LogP) is 5.78. The maximum Gasteiger partial charge on any atom is 0.334 e. The third-order valence-corrected chi connectivity index (χ3v) is 3.97. The summed E-state index contributed by atoms with van der Waals surface area (Å²) in [4.78, 5) is 12.3. The Morgan fingerprint density at radius 3 is 2.25 bits per heavy atom. The lowest BCUT2D eigenvalue weighted by Crippen LogP contribution is -2.09. The molecule has 1 rings (SSSR count). The van der Waals surface area contributed by atoms with E-state index in [4.69, 9.17) is 9.47 Å². The normalized spacial score (nSPS) is 11.4. The van der Waals surface area contributed by atoms with Gasteiger partial charge in [-0.2, -0.15) is 0 Å². The third-order valence-electron chi connectivity index (χ3n) is 3.97. The third kappa shape index (κ3) is 8.19. The molecule has 0 amide bonds.